The molecular formula is C15H12N2O2S. The van der Waals surface area contributed by atoms with Crippen molar-refractivity contribution in [2.45, 2.75) is 10.8 Å². The van der Waals surface area contributed by atoms with Crippen LogP contribution in [0.1, 0.15) is 16.1 Å². The van der Waals surface area contributed by atoms with Gasteiger partial charge in [-0.15, -0.1) is 0 Å². The van der Waals surface area contributed by atoms with Crippen LogP contribution in [0.2, 0.25) is 0 Å². The van der Waals surface area contributed by atoms with E-state index in [1.54, 1.807) is 22.7 Å². The van der Waals surface area contributed by atoms with Gasteiger partial charge < -0.3 is 5.11 Å². The number of hydrogen-bond acceptors (Lipinski definition) is 3. The third-order valence-electron chi connectivity index (χ3n) is 2.92. The van der Waals surface area contributed by atoms with E-state index in [2.05, 4.69) is 4.98 Å². The second-order valence-electron chi connectivity index (χ2n) is 4.27. The Labute approximate surface area is 120 Å². The van der Waals surface area contributed by atoms with Gasteiger partial charge in [-0.25, -0.2) is 9.78 Å². The van der Waals surface area contributed by atoms with Crippen LogP contribution in [0.4, 0.5) is 0 Å². The Morgan fingerprint density at radius 1 is 1.15 bits per heavy atom. The van der Waals surface area contributed by atoms with Gasteiger partial charge in [0.05, 0.1) is 0 Å². The molecule has 100 valence electrons. The van der Waals surface area contributed by atoms with E-state index in [1.807, 2.05) is 36.4 Å². The molecule has 0 atom stereocenters. The molecule has 0 amide bonds. The molecule has 0 aliphatic carbocycles. The van der Waals surface area contributed by atoms with Crippen molar-refractivity contribution in [3.05, 3.63) is 66.0 Å². The highest BCUT2D eigenvalue weighted by atomic mass is 32.2. The Morgan fingerprint density at radius 2 is 1.90 bits per heavy atom. The molecule has 0 fully saturated rings. The Bertz CT molecular complexity index is 753. The molecular weight excluding hydrogens is 272 g/mol. The van der Waals surface area contributed by atoms with Gasteiger partial charge in [-0.05, 0) is 17.7 Å². The van der Waals surface area contributed by atoms with Crippen LogP contribution < -0.4 is 0 Å². The summed E-state index contributed by atoms with van der Waals surface area (Å²) in [4.78, 5) is 15.8. The first-order chi connectivity index (χ1) is 9.75. The lowest BCUT2D eigenvalue weighted by molar-refractivity contribution is 0.0685. The first kappa shape index (κ1) is 12.7. The van der Waals surface area contributed by atoms with Crippen LogP contribution in [-0.2, 0) is 5.75 Å². The van der Waals surface area contributed by atoms with Gasteiger partial charge in [0.15, 0.2) is 5.69 Å². The summed E-state index contributed by atoms with van der Waals surface area (Å²) in [5.41, 5.74) is 2.02. The van der Waals surface area contributed by atoms with Gasteiger partial charge in [0.1, 0.15) is 10.7 Å². The van der Waals surface area contributed by atoms with Gasteiger partial charge in [-0.3, -0.25) is 4.40 Å². The summed E-state index contributed by atoms with van der Waals surface area (Å²) in [6, 6.07) is 15.4. The van der Waals surface area contributed by atoms with Gasteiger partial charge in [-0.2, -0.15) is 0 Å². The summed E-state index contributed by atoms with van der Waals surface area (Å²) < 4.78 is 1.61. The number of aromatic carboxylic acids is 1. The summed E-state index contributed by atoms with van der Waals surface area (Å²) in [5, 5.41) is 9.92. The minimum absolute atomic E-state index is 0.224. The summed E-state index contributed by atoms with van der Waals surface area (Å²) in [7, 11) is 0. The molecule has 20 heavy (non-hydrogen) atoms. The van der Waals surface area contributed by atoms with E-state index in [-0.39, 0.29) is 5.69 Å². The zero-order chi connectivity index (χ0) is 13.9. The van der Waals surface area contributed by atoms with Crippen molar-refractivity contribution in [1.29, 1.82) is 0 Å². The van der Waals surface area contributed by atoms with Crippen molar-refractivity contribution >= 4 is 23.4 Å². The number of fused-ring (bicyclic) bond motifs is 1. The molecule has 2 aromatic heterocycles. The molecule has 3 rings (SSSR count). The molecule has 0 unspecified atom stereocenters. The van der Waals surface area contributed by atoms with E-state index >= 15 is 0 Å². The van der Waals surface area contributed by atoms with Gasteiger partial charge in [0.2, 0.25) is 0 Å². The Morgan fingerprint density at radius 3 is 2.65 bits per heavy atom. The largest absolute Gasteiger partial charge is 0.476 e. The zero-order valence-electron chi connectivity index (χ0n) is 10.6. The number of carboxylic acid groups (broad SMARTS) is 1. The smallest absolute Gasteiger partial charge is 0.355 e. The number of pyridine rings is 1. The van der Waals surface area contributed by atoms with E-state index in [0.29, 0.717) is 16.4 Å². The summed E-state index contributed by atoms with van der Waals surface area (Å²) in [6.07, 6.45) is 1.72. The highest BCUT2D eigenvalue weighted by Crippen LogP contribution is 2.26. The number of aromatic nitrogens is 2. The van der Waals surface area contributed by atoms with Crippen molar-refractivity contribution in [3.8, 4) is 0 Å². The standard InChI is InChI=1S/C15H12N2O2S/c18-15(19)13-14(16-12-8-4-5-9-17(12)13)20-10-11-6-2-1-3-7-11/h1-9H,10H2,(H,18,19). The monoisotopic (exact) mass is 284 g/mol. The second kappa shape index (κ2) is 5.38. The van der Waals surface area contributed by atoms with Gasteiger partial charge in [0, 0.05) is 11.9 Å². The van der Waals surface area contributed by atoms with Crippen LogP contribution in [0, 0.1) is 0 Å². The first-order valence-corrected chi connectivity index (χ1v) is 7.11. The Balaban J connectivity index is 1.95. The minimum atomic E-state index is -0.959. The van der Waals surface area contributed by atoms with Gasteiger partial charge in [-0.1, -0.05) is 48.2 Å². The van der Waals surface area contributed by atoms with Gasteiger partial charge in [0.25, 0.3) is 0 Å². The van der Waals surface area contributed by atoms with Crippen LogP contribution in [0.5, 0.6) is 0 Å². The summed E-state index contributed by atoms with van der Waals surface area (Å²) >= 11 is 1.44. The number of imidazole rings is 1. The fourth-order valence-electron chi connectivity index (χ4n) is 2.00. The van der Waals surface area contributed by atoms with Crippen LogP contribution in [-0.4, -0.2) is 20.5 Å². The molecule has 0 saturated heterocycles. The van der Waals surface area contributed by atoms with E-state index in [4.69, 9.17) is 0 Å². The van der Waals surface area contributed by atoms with Crippen molar-refractivity contribution in [2.75, 3.05) is 0 Å². The molecule has 1 aromatic carbocycles. The van der Waals surface area contributed by atoms with Crippen LogP contribution in [0.15, 0.2) is 59.8 Å². The molecule has 0 spiro atoms. The maximum absolute atomic E-state index is 11.4. The van der Waals surface area contributed by atoms with E-state index in [0.717, 1.165) is 5.56 Å². The quantitative estimate of drug-likeness (QED) is 0.747. The fraction of sp³-hybridized carbons (Fsp3) is 0.0667. The molecule has 2 heterocycles. The van der Waals surface area contributed by atoms with Crippen LogP contribution >= 0.6 is 11.8 Å². The lowest BCUT2D eigenvalue weighted by Crippen LogP contribution is -2.02. The maximum Gasteiger partial charge on any atom is 0.355 e. The van der Waals surface area contributed by atoms with Crippen LogP contribution in [0.3, 0.4) is 0 Å². The number of nitrogens with zero attached hydrogens (tertiary/aromatic N) is 2. The lowest BCUT2D eigenvalue weighted by atomic mass is 10.2. The average Bonchev–Trinajstić information content (AvgIpc) is 2.84. The summed E-state index contributed by atoms with van der Waals surface area (Å²) in [6.45, 7) is 0. The number of carboxylic acids is 1. The molecule has 4 nitrogen and oxygen atoms in total. The third-order valence-corrected chi connectivity index (χ3v) is 3.95. The zero-order valence-corrected chi connectivity index (χ0v) is 11.4. The molecule has 0 aliphatic heterocycles. The van der Waals surface area contributed by atoms with E-state index in [1.165, 1.54) is 11.8 Å². The van der Waals surface area contributed by atoms with Crippen molar-refractivity contribution in [2.24, 2.45) is 0 Å². The van der Waals surface area contributed by atoms with Crippen molar-refractivity contribution in [1.82, 2.24) is 9.38 Å². The molecule has 0 radical (unpaired) electrons. The maximum atomic E-state index is 11.4. The predicted octanol–water partition coefficient (Wildman–Crippen LogP) is 3.32. The van der Waals surface area contributed by atoms with E-state index in [9.17, 15) is 9.90 Å². The molecule has 0 saturated carbocycles. The SMILES string of the molecule is O=C(O)c1c(SCc2ccccc2)nc2ccccn12. The van der Waals surface area contributed by atoms with Crippen LogP contribution in [0.25, 0.3) is 5.65 Å². The average molecular weight is 284 g/mol. The number of benzene rings is 1. The Hall–Kier alpha value is -2.27. The number of hydrogen-bond donors (Lipinski definition) is 1. The first-order valence-electron chi connectivity index (χ1n) is 6.13. The predicted molar refractivity (Wildman–Crippen MR) is 78.2 cm³/mol. The molecule has 0 aliphatic rings. The lowest BCUT2D eigenvalue weighted by Gasteiger charge is -2.00. The fourth-order valence-corrected chi connectivity index (χ4v) is 2.97. The topological polar surface area (TPSA) is 54.6 Å². The Kier molecular flexibility index (Phi) is 3.43. The normalized spacial score (nSPS) is 10.8. The molecule has 5 heteroatoms. The van der Waals surface area contributed by atoms with E-state index < -0.39 is 5.97 Å². The summed E-state index contributed by atoms with van der Waals surface area (Å²) in [5.74, 6) is -0.260. The minimum Gasteiger partial charge on any atom is -0.476 e. The highest BCUT2D eigenvalue weighted by Gasteiger charge is 2.18. The number of thioether (sulfide) groups is 1. The molecule has 3 aromatic rings. The highest BCUT2D eigenvalue weighted by molar-refractivity contribution is 7.98. The third kappa shape index (κ3) is 2.40. The van der Waals surface area contributed by atoms with Gasteiger partial charge >= 0.3 is 5.97 Å². The van der Waals surface area contributed by atoms with Crippen molar-refractivity contribution < 1.29 is 9.90 Å². The second-order valence-corrected chi connectivity index (χ2v) is 5.24. The number of carbonyl (C=O) groups is 1. The number of rotatable bonds is 4. The molecule has 0 bridgehead atoms. The molecule has 1 N–H and O–H groups in total. The van der Waals surface area contributed by atoms with Crippen molar-refractivity contribution in [3.63, 3.8) is 0 Å².